The van der Waals surface area contributed by atoms with Crippen LogP contribution >= 0.6 is 0 Å². The average Bonchev–Trinajstić information content (AvgIpc) is 2.88. The molecule has 0 aliphatic carbocycles. The molecule has 134 valence electrons. The molecule has 1 aromatic heterocycles. The van der Waals surface area contributed by atoms with E-state index in [0.29, 0.717) is 17.1 Å². The van der Waals surface area contributed by atoms with Crippen molar-refractivity contribution in [2.24, 2.45) is 0 Å². The molecule has 1 amide bonds. The van der Waals surface area contributed by atoms with E-state index < -0.39 is 5.97 Å². The van der Waals surface area contributed by atoms with Crippen molar-refractivity contribution in [1.82, 2.24) is 10.5 Å². The number of nitrogens with one attached hydrogen (secondary N) is 1. The summed E-state index contributed by atoms with van der Waals surface area (Å²) in [5.41, 5.74) is 1.95. The number of carbonyl (C=O) groups is 2. The average molecular weight is 346 g/mol. The molecule has 0 aliphatic heterocycles. The van der Waals surface area contributed by atoms with E-state index in [1.165, 1.54) is 0 Å². The molecule has 0 saturated heterocycles. The Kier molecular flexibility index (Phi) is 6.16. The zero-order valence-electron chi connectivity index (χ0n) is 14.8. The fourth-order valence-electron chi connectivity index (χ4n) is 2.15. The van der Waals surface area contributed by atoms with Crippen molar-refractivity contribution in [3.05, 3.63) is 46.8 Å². The number of hydrogen-bond donors (Lipinski definition) is 1. The Morgan fingerprint density at radius 2 is 2.04 bits per heavy atom. The van der Waals surface area contributed by atoms with Crippen molar-refractivity contribution in [1.29, 1.82) is 0 Å². The molecule has 2 rings (SSSR count). The minimum Gasteiger partial charge on any atom is -0.489 e. The SMILES string of the molecule is Cc1noc(C)c1COc1cccc(C(=O)OCC(=O)NC(C)C)c1. The Balaban J connectivity index is 1.94. The molecular formula is C18H22N2O5. The lowest BCUT2D eigenvalue weighted by atomic mass is 10.2. The Hall–Kier alpha value is -2.83. The summed E-state index contributed by atoms with van der Waals surface area (Å²) in [4.78, 5) is 23.6. The highest BCUT2D eigenvalue weighted by molar-refractivity contribution is 5.91. The Bertz CT molecular complexity index is 732. The van der Waals surface area contributed by atoms with Crippen LogP contribution in [0.2, 0.25) is 0 Å². The lowest BCUT2D eigenvalue weighted by Crippen LogP contribution is -2.33. The van der Waals surface area contributed by atoms with Gasteiger partial charge in [0.2, 0.25) is 0 Å². The number of carbonyl (C=O) groups excluding carboxylic acids is 2. The van der Waals surface area contributed by atoms with Crippen LogP contribution in [0.15, 0.2) is 28.8 Å². The smallest absolute Gasteiger partial charge is 0.338 e. The molecule has 7 heteroatoms. The first-order chi connectivity index (χ1) is 11.9. The van der Waals surface area contributed by atoms with Crippen molar-refractivity contribution in [2.45, 2.75) is 40.3 Å². The summed E-state index contributed by atoms with van der Waals surface area (Å²) < 4.78 is 15.8. The predicted octanol–water partition coefficient (Wildman–Crippen LogP) is 2.55. The van der Waals surface area contributed by atoms with E-state index in [0.717, 1.165) is 11.3 Å². The first-order valence-corrected chi connectivity index (χ1v) is 7.98. The molecule has 1 N–H and O–H groups in total. The second kappa shape index (κ2) is 8.32. The summed E-state index contributed by atoms with van der Waals surface area (Å²) in [5.74, 6) is 0.293. The van der Waals surface area contributed by atoms with Gasteiger partial charge in [0.1, 0.15) is 18.1 Å². The normalized spacial score (nSPS) is 10.6. The van der Waals surface area contributed by atoms with Crippen LogP contribution in [0.4, 0.5) is 0 Å². The zero-order chi connectivity index (χ0) is 18.4. The number of esters is 1. The molecule has 1 aromatic carbocycles. The summed E-state index contributed by atoms with van der Waals surface area (Å²) in [6.07, 6.45) is 0. The van der Waals surface area contributed by atoms with Gasteiger partial charge in [-0.3, -0.25) is 4.79 Å². The molecule has 0 bridgehead atoms. The van der Waals surface area contributed by atoms with Gasteiger partial charge in [-0.25, -0.2) is 4.79 Å². The van der Waals surface area contributed by atoms with Crippen molar-refractivity contribution in [3.63, 3.8) is 0 Å². The number of ether oxygens (including phenoxy) is 2. The summed E-state index contributed by atoms with van der Waals surface area (Å²) in [6, 6.07) is 6.59. The van der Waals surface area contributed by atoms with Crippen LogP contribution in [0.1, 0.15) is 41.2 Å². The third-order valence-electron chi connectivity index (χ3n) is 3.42. The maximum absolute atomic E-state index is 12.0. The standard InChI is InChI=1S/C18H22N2O5/c1-11(2)19-17(21)10-24-18(22)14-6-5-7-15(8-14)23-9-16-12(3)20-25-13(16)4/h5-8,11H,9-10H2,1-4H3,(H,19,21). The van der Waals surface area contributed by atoms with Crippen LogP contribution in [0.3, 0.4) is 0 Å². The van der Waals surface area contributed by atoms with Gasteiger partial charge in [-0.05, 0) is 45.9 Å². The number of hydrogen-bond acceptors (Lipinski definition) is 6. The van der Waals surface area contributed by atoms with Gasteiger partial charge in [0.25, 0.3) is 5.91 Å². The van der Waals surface area contributed by atoms with Crippen LogP contribution < -0.4 is 10.1 Å². The minimum atomic E-state index is -0.582. The van der Waals surface area contributed by atoms with Crippen molar-refractivity contribution >= 4 is 11.9 Å². The number of aryl methyl sites for hydroxylation is 2. The Labute approximate surface area is 146 Å². The number of benzene rings is 1. The molecular weight excluding hydrogens is 324 g/mol. The first-order valence-electron chi connectivity index (χ1n) is 7.98. The molecule has 2 aromatic rings. The Morgan fingerprint density at radius 3 is 2.68 bits per heavy atom. The van der Waals surface area contributed by atoms with Crippen LogP contribution in [0, 0.1) is 13.8 Å². The summed E-state index contributed by atoms with van der Waals surface area (Å²) >= 11 is 0. The van der Waals surface area contributed by atoms with E-state index in [9.17, 15) is 9.59 Å². The van der Waals surface area contributed by atoms with Crippen LogP contribution in [0.5, 0.6) is 5.75 Å². The topological polar surface area (TPSA) is 90.7 Å². The van der Waals surface area contributed by atoms with E-state index in [1.807, 2.05) is 27.7 Å². The van der Waals surface area contributed by atoms with Gasteiger partial charge in [-0.1, -0.05) is 11.2 Å². The number of amides is 1. The van der Waals surface area contributed by atoms with Gasteiger partial charge >= 0.3 is 5.97 Å². The largest absolute Gasteiger partial charge is 0.489 e. The maximum atomic E-state index is 12.0. The summed E-state index contributed by atoms with van der Waals surface area (Å²) in [6.45, 7) is 7.29. The van der Waals surface area contributed by atoms with E-state index in [2.05, 4.69) is 10.5 Å². The van der Waals surface area contributed by atoms with Gasteiger partial charge in [-0.15, -0.1) is 0 Å². The van der Waals surface area contributed by atoms with Crippen LogP contribution in [-0.4, -0.2) is 29.7 Å². The fraction of sp³-hybridized carbons (Fsp3) is 0.389. The van der Waals surface area contributed by atoms with Crippen molar-refractivity contribution < 1.29 is 23.6 Å². The highest BCUT2D eigenvalue weighted by atomic mass is 16.5. The molecule has 25 heavy (non-hydrogen) atoms. The molecule has 1 heterocycles. The third kappa shape index (κ3) is 5.34. The number of aromatic nitrogens is 1. The molecule has 0 fully saturated rings. The van der Waals surface area contributed by atoms with E-state index in [-0.39, 0.29) is 25.2 Å². The second-order valence-corrected chi connectivity index (χ2v) is 5.92. The molecule has 0 spiro atoms. The zero-order valence-corrected chi connectivity index (χ0v) is 14.8. The number of rotatable bonds is 7. The monoisotopic (exact) mass is 346 g/mol. The predicted molar refractivity (Wildman–Crippen MR) is 90.3 cm³/mol. The van der Waals surface area contributed by atoms with Gasteiger partial charge in [0.05, 0.1) is 16.8 Å². The molecule has 0 aliphatic rings. The van der Waals surface area contributed by atoms with E-state index in [1.54, 1.807) is 24.3 Å². The Morgan fingerprint density at radius 1 is 1.28 bits per heavy atom. The lowest BCUT2D eigenvalue weighted by molar-refractivity contribution is -0.124. The van der Waals surface area contributed by atoms with Gasteiger partial charge in [-0.2, -0.15) is 0 Å². The fourth-order valence-corrected chi connectivity index (χ4v) is 2.15. The van der Waals surface area contributed by atoms with Crippen LogP contribution in [0.25, 0.3) is 0 Å². The van der Waals surface area contributed by atoms with Crippen molar-refractivity contribution in [2.75, 3.05) is 6.61 Å². The molecule has 0 saturated carbocycles. The molecule has 7 nitrogen and oxygen atoms in total. The lowest BCUT2D eigenvalue weighted by Gasteiger charge is -2.10. The number of nitrogens with zero attached hydrogens (tertiary/aromatic N) is 1. The molecule has 0 atom stereocenters. The summed E-state index contributed by atoms with van der Waals surface area (Å²) in [5, 5.41) is 6.52. The van der Waals surface area contributed by atoms with Crippen molar-refractivity contribution in [3.8, 4) is 5.75 Å². The highest BCUT2D eigenvalue weighted by Crippen LogP contribution is 2.19. The quantitative estimate of drug-likeness (QED) is 0.775. The van der Waals surface area contributed by atoms with Crippen LogP contribution in [-0.2, 0) is 16.1 Å². The molecule has 0 unspecified atom stereocenters. The van der Waals surface area contributed by atoms with E-state index >= 15 is 0 Å². The maximum Gasteiger partial charge on any atom is 0.338 e. The molecule has 0 radical (unpaired) electrons. The van der Waals surface area contributed by atoms with Gasteiger partial charge in [0, 0.05) is 6.04 Å². The van der Waals surface area contributed by atoms with Gasteiger partial charge < -0.3 is 19.3 Å². The van der Waals surface area contributed by atoms with Gasteiger partial charge in [0.15, 0.2) is 6.61 Å². The first kappa shape index (κ1) is 18.5. The second-order valence-electron chi connectivity index (χ2n) is 5.92. The highest BCUT2D eigenvalue weighted by Gasteiger charge is 2.13. The minimum absolute atomic E-state index is 0.00717. The third-order valence-corrected chi connectivity index (χ3v) is 3.42. The summed E-state index contributed by atoms with van der Waals surface area (Å²) in [7, 11) is 0. The van der Waals surface area contributed by atoms with E-state index in [4.69, 9.17) is 14.0 Å².